The van der Waals surface area contributed by atoms with Gasteiger partial charge >= 0.3 is 0 Å². The number of nitrogens with one attached hydrogen (secondary N) is 1. The first-order valence-electron chi connectivity index (χ1n) is 5.81. The smallest absolute Gasteiger partial charge is 0.128 e. The van der Waals surface area contributed by atoms with E-state index in [4.69, 9.17) is 0 Å². The van der Waals surface area contributed by atoms with Crippen molar-refractivity contribution in [2.45, 2.75) is 13.0 Å². The standard InChI is InChI=1S/C15H15F2N/c1-10-9-11(7-8-13(10)16)15(18-2)12-5-3-4-6-14(12)17/h3-9,15,18H,1-2H3. The van der Waals surface area contributed by atoms with Crippen LogP contribution in [0, 0.1) is 18.6 Å². The molecule has 0 aliphatic heterocycles. The number of benzene rings is 2. The Hall–Kier alpha value is -1.74. The Bertz CT molecular complexity index is 552. The maximum absolute atomic E-state index is 13.8. The highest BCUT2D eigenvalue weighted by atomic mass is 19.1. The Morgan fingerprint density at radius 1 is 1.00 bits per heavy atom. The number of rotatable bonds is 3. The number of halogens is 2. The average Bonchev–Trinajstić information content (AvgIpc) is 2.37. The zero-order valence-corrected chi connectivity index (χ0v) is 10.4. The quantitative estimate of drug-likeness (QED) is 0.874. The van der Waals surface area contributed by atoms with Crippen molar-refractivity contribution < 1.29 is 8.78 Å². The van der Waals surface area contributed by atoms with Crippen molar-refractivity contribution in [3.8, 4) is 0 Å². The molecular formula is C15H15F2N. The van der Waals surface area contributed by atoms with Gasteiger partial charge in [0.05, 0.1) is 6.04 Å². The van der Waals surface area contributed by atoms with E-state index in [0.29, 0.717) is 11.1 Å². The van der Waals surface area contributed by atoms with Gasteiger partial charge < -0.3 is 5.32 Å². The van der Waals surface area contributed by atoms with Crippen LogP contribution in [0.3, 0.4) is 0 Å². The van der Waals surface area contributed by atoms with Gasteiger partial charge in [-0.3, -0.25) is 0 Å². The molecule has 0 saturated heterocycles. The van der Waals surface area contributed by atoms with Crippen molar-refractivity contribution >= 4 is 0 Å². The molecule has 94 valence electrons. The van der Waals surface area contributed by atoms with Crippen molar-refractivity contribution in [1.29, 1.82) is 0 Å². The Morgan fingerprint density at radius 2 is 1.72 bits per heavy atom. The van der Waals surface area contributed by atoms with Gasteiger partial charge in [0.25, 0.3) is 0 Å². The second kappa shape index (κ2) is 5.27. The summed E-state index contributed by atoms with van der Waals surface area (Å²) in [7, 11) is 1.76. The van der Waals surface area contributed by atoms with Crippen LogP contribution < -0.4 is 5.32 Å². The summed E-state index contributed by atoms with van der Waals surface area (Å²) in [5, 5.41) is 3.06. The summed E-state index contributed by atoms with van der Waals surface area (Å²) in [6.07, 6.45) is 0. The fourth-order valence-corrected chi connectivity index (χ4v) is 2.06. The third-order valence-electron chi connectivity index (χ3n) is 3.02. The maximum Gasteiger partial charge on any atom is 0.128 e. The van der Waals surface area contributed by atoms with Gasteiger partial charge in [-0.25, -0.2) is 8.78 Å². The van der Waals surface area contributed by atoms with Crippen LogP contribution in [0.4, 0.5) is 8.78 Å². The molecule has 1 nitrogen and oxygen atoms in total. The fraction of sp³-hybridized carbons (Fsp3) is 0.200. The van der Waals surface area contributed by atoms with Gasteiger partial charge in [0.2, 0.25) is 0 Å². The number of aryl methyl sites for hydroxylation is 1. The van der Waals surface area contributed by atoms with Gasteiger partial charge in [0, 0.05) is 5.56 Å². The molecule has 1 N–H and O–H groups in total. The molecule has 18 heavy (non-hydrogen) atoms. The highest BCUT2D eigenvalue weighted by molar-refractivity contribution is 5.35. The number of hydrogen-bond acceptors (Lipinski definition) is 1. The molecule has 0 aliphatic carbocycles. The van der Waals surface area contributed by atoms with Crippen molar-refractivity contribution in [1.82, 2.24) is 5.32 Å². The van der Waals surface area contributed by atoms with E-state index in [1.54, 1.807) is 44.3 Å². The third kappa shape index (κ3) is 2.41. The van der Waals surface area contributed by atoms with Gasteiger partial charge in [-0.2, -0.15) is 0 Å². The van der Waals surface area contributed by atoms with Gasteiger partial charge in [0.15, 0.2) is 0 Å². The lowest BCUT2D eigenvalue weighted by molar-refractivity contribution is 0.574. The normalized spacial score (nSPS) is 12.4. The van der Waals surface area contributed by atoms with Gasteiger partial charge in [-0.05, 0) is 37.2 Å². The zero-order valence-electron chi connectivity index (χ0n) is 10.4. The first-order chi connectivity index (χ1) is 8.63. The summed E-state index contributed by atoms with van der Waals surface area (Å²) in [5.41, 5.74) is 1.97. The monoisotopic (exact) mass is 247 g/mol. The first-order valence-corrected chi connectivity index (χ1v) is 5.81. The van der Waals surface area contributed by atoms with E-state index in [-0.39, 0.29) is 17.7 Å². The van der Waals surface area contributed by atoms with Crippen LogP contribution in [-0.2, 0) is 0 Å². The highest BCUT2D eigenvalue weighted by Crippen LogP contribution is 2.25. The zero-order chi connectivity index (χ0) is 13.1. The second-order valence-corrected chi connectivity index (χ2v) is 4.25. The number of hydrogen-bond donors (Lipinski definition) is 1. The van der Waals surface area contributed by atoms with Crippen LogP contribution in [0.5, 0.6) is 0 Å². The van der Waals surface area contributed by atoms with Crippen LogP contribution in [0.15, 0.2) is 42.5 Å². The van der Waals surface area contributed by atoms with Crippen molar-refractivity contribution in [2.75, 3.05) is 7.05 Å². The van der Waals surface area contributed by atoms with Crippen LogP contribution in [0.2, 0.25) is 0 Å². The summed E-state index contributed by atoms with van der Waals surface area (Å²) >= 11 is 0. The molecule has 0 spiro atoms. The van der Waals surface area contributed by atoms with E-state index < -0.39 is 0 Å². The molecule has 1 atom stereocenters. The minimum absolute atomic E-state index is 0.248. The van der Waals surface area contributed by atoms with E-state index >= 15 is 0 Å². The fourth-order valence-electron chi connectivity index (χ4n) is 2.06. The first kappa shape index (κ1) is 12.7. The SMILES string of the molecule is CNC(c1ccc(F)c(C)c1)c1ccccc1F. The molecule has 0 amide bonds. The van der Waals surface area contributed by atoms with Gasteiger partial charge in [-0.15, -0.1) is 0 Å². The van der Waals surface area contributed by atoms with Crippen LogP contribution in [0.1, 0.15) is 22.7 Å². The van der Waals surface area contributed by atoms with Gasteiger partial charge in [0.1, 0.15) is 11.6 Å². The molecule has 0 aliphatic rings. The molecule has 0 aromatic heterocycles. The summed E-state index contributed by atoms with van der Waals surface area (Å²) in [5.74, 6) is -0.513. The largest absolute Gasteiger partial charge is 0.309 e. The molecule has 2 rings (SSSR count). The molecule has 0 saturated carbocycles. The van der Waals surface area contributed by atoms with Crippen LogP contribution in [-0.4, -0.2) is 7.05 Å². The molecule has 2 aromatic rings. The third-order valence-corrected chi connectivity index (χ3v) is 3.02. The summed E-state index contributed by atoms with van der Waals surface area (Å²) < 4.78 is 27.0. The molecule has 0 fully saturated rings. The van der Waals surface area contributed by atoms with Crippen LogP contribution >= 0.6 is 0 Å². The minimum atomic E-state index is -0.273. The lowest BCUT2D eigenvalue weighted by atomic mass is 9.97. The average molecular weight is 247 g/mol. The minimum Gasteiger partial charge on any atom is -0.309 e. The Labute approximate surface area is 105 Å². The Morgan fingerprint density at radius 3 is 2.33 bits per heavy atom. The van der Waals surface area contributed by atoms with Crippen LogP contribution in [0.25, 0.3) is 0 Å². The van der Waals surface area contributed by atoms with Gasteiger partial charge in [-0.1, -0.05) is 30.3 Å². The van der Waals surface area contributed by atoms with E-state index in [9.17, 15) is 8.78 Å². The van der Waals surface area contributed by atoms with E-state index in [1.807, 2.05) is 0 Å². The summed E-state index contributed by atoms with van der Waals surface area (Å²) in [6, 6.07) is 11.2. The maximum atomic E-state index is 13.8. The Balaban J connectivity index is 2.45. The van der Waals surface area contributed by atoms with E-state index in [1.165, 1.54) is 12.1 Å². The lowest BCUT2D eigenvalue weighted by Gasteiger charge is -2.18. The molecule has 2 aromatic carbocycles. The molecular weight excluding hydrogens is 232 g/mol. The highest BCUT2D eigenvalue weighted by Gasteiger charge is 2.16. The predicted octanol–water partition coefficient (Wildman–Crippen LogP) is 3.58. The molecule has 0 heterocycles. The van der Waals surface area contributed by atoms with E-state index in [2.05, 4.69) is 5.32 Å². The lowest BCUT2D eigenvalue weighted by Crippen LogP contribution is -2.19. The Kier molecular flexibility index (Phi) is 3.72. The van der Waals surface area contributed by atoms with Crippen molar-refractivity contribution in [3.63, 3.8) is 0 Å². The van der Waals surface area contributed by atoms with Crippen molar-refractivity contribution in [2.24, 2.45) is 0 Å². The second-order valence-electron chi connectivity index (χ2n) is 4.25. The molecule has 3 heteroatoms. The molecule has 1 unspecified atom stereocenters. The summed E-state index contributed by atoms with van der Waals surface area (Å²) in [4.78, 5) is 0. The van der Waals surface area contributed by atoms with Crippen molar-refractivity contribution in [3.05, 3.63) is 70.8 Å². The molecule has 0 radical (unpaired) electrons. The van der Waals surface area contributed by atoms with E-state index in [0.717, 1.165) is 5.56 Å². The summed E-state index contributed by atoms with van der Waals surface area (Å²) in [6.45, 7) is 1.70. The predicted molar refractivity (Wildman–Crippen MR) is 68.4 cm³/mol. The topological polar surface area (TPSA) is 12.0 Å². The molecule has 0 bridgehead atoms.